The van der Waals surface area contributed by atoms with Gasteiger partial charge in [0.05, 0.1) is 4.92 Å². The van der Waals surface area contributed by atoms with Gasteiger partial charge in [-0.1, -0.05) is 0 Å². The van der Waals surface area contributed by atoms with E-state index in [2.05, 4.69) is 15.4 Å². The number of nitro benzene ring substituents is 1. The van der Waals surface area contributed by atoms with Gasteiger partial charge in [-0.15, -0.1) is 5.10 Å². The second-order valence-corrected chi connectivity index (χ2v) is 2.38. The predicted octanol–water partition coefficient (Wildman–Crippen LogP) is 0.569. The molecule has 2 rings (SSSR count). The first-order chi connectivity index (χ1) is 6.20. The van der Waals surface area contributed by atoms with Gasteiger partial charge in [0.2, 0.25) is 0 Å². The van der Waals surface area contributed by atoms with Gasteiger partial charge in [-0.25, -0.2) is 0 Å². The minimum Gasteiger partial charge on any atom is -0.506 e. The van der Waals surface area contributed by atoms with E-state index in [4.69, 9.17) is 0 Å². The summed E-state index contributed by atoms with van der Waals surface area (Å²) in [7, 11) is 0. The molecule has 77 valence electrons. The zero-order valence-electron chi connectivity index (χ0n) is 6.56. The number of fused-ring (bicyclic) bond motifs is 1. The van der Waals surface area contributed by atoms with Crippen molar-refractivity contribution in [1.82, 2.24) is 15.4 Å². The maximum Gasteiger partial charge on any atom is 0.299 e. The van der Waals surface area contributed by atoms with Crippen molar-refractivity contribution in [2.45, 2.75) is 0 Å². The summed E-state index contributed by atoms with van der Waals surface area (Å²) in [6, 6.07) is 2.39. The third-order valence-corrected chi connectivity index (χ3v) is 1.63. The molecule has 0 spiro atoms. The Morgan fingerprint density at radius 1 is 1.36 bits per heavy atom. The van der Waals surface area contributed by atoms with Crippen LogP contribution >= 0.6 is 0 Å². The SMILES string of the molecule is O=[N+]([O-])c1ccc(O)c2n[nH]nc12.[Ag]. The average molecular weight is 288 g/mol. The van der Waals surface area contributed by atoms with Gasteiger partial charge in [0, 0.05) is 28.4 Å². The molecule has 0 aliphatic carbocycles. The van der Waals surface area contributed by atoms with E-state index in [0.717, 1.165) is 0 Å². The molecule has 0 amide bonds. The third kappa shape index (κ3) is 1.48. The number of nitrogens with zero attached hydrogens (tertiary/aromatic N) is 3. The number of H-pyrrole nitrogens is 1. The molecule has 0 unspecified atom stereocenters. The Labute approximate surface area is 92.8 Å². The summed E-state index contributed by atoms with van der Waals surface area (Å²) in [5.74, 6) is -0.130. The number of hydrogen-bond donors (Lipinski definition) is 2. The number of aromatic amines is 1. The van der Waals surface area contributed by atoms with Crippen molar-refractivity contribution in [2.75, 3.05) is 0 Å². The third-order valence-electron chi connectivity index (χ3n) is 1.63. The molecule has 1 aromatic carbocycles. The van der Waals surface area contributed by atoms with Crippen LogP contribution in [0.2, 0.25) is 0 Å². The summed E-state index contributed by atoms with van der Waals surface area (Å²) in [6.45, 7) is 0. The molecule has 0 saturated carbocycles. The number of nitro groups is 1. The summed E-state index contributed by atoms with van der Waals surface area (Å²) in [6.07, 6.45) is 0. The largest absolute Gasteiger partial charge is 0.506 e. The predicted molar refractivity (Wildman–Crippen MR) is 42.2 cm³/mol. The molecule has 0 aliphatic heterocycles. The fourth-order valence-electron chi connectivity index (χ4n) is 1.05. The van der Waals surface area contributed by atoms with Gasteiger partial charge in [-0.3, -0.25) is 10.1 Å². The van der Waals surface area contributed by atoms with E-state index in [1.54, 1.807) is 0 Å². The first kappa shape index (κ1) is 10.6. The number of aromatic hydroxyl groups is 1. The summed E-state index contributed by atoms with van der Waals surface area (Å²) in [4.78, 5) is 9.89. The van der Waals surface area contributed by atoms with Crippen molar-refractivity contribution >= 4 is 16.7 Å². The smallest absolute Gasteiger partial charge is 0.299 e. The van der Waals surface area contributed by atoms with Crippen molar-refractivity contribution in [3.05, 3.63) is 22.2 Å². The molecule has 1 radical (unpaired) electrons. The summed E-state index contributed by atoms with van der Waals surface area (Å²) >= 11 is 0. The van der Waals surface area contributed by atoms with E-state index in [1.165, 1.54) is 12.1 Å². The number of rotatable bonds is 1. The molecule has 1 heterocycles. The number of aromatic nitrogens is 3. The van der Waals surface area contributed by atoms with E-state index in [9.17, 15) is 15.2 Å². The van der Waals surface area contributed by atoms with Gasteiger partial charge >= 0.3 is 0 Å². The molecule has 0 atom stereocenters. The first-order valence-electron chi connectivity index (χ1n) is 3.37. The number of phenolic OH excluding ortho intramolecular Hbond substituents is 1. The zero-order valence-corrected chi connectivity index (χ0v) is 8.04. The van der Waals surface area contributed by atoms with Crippen LogP contribution in [0.15, 0.2) is 12.1 Å². The van der Waals surface area contributed by atoms with Crippen LogP contribution in [0.25, 0.3) is 11.0 Å². The molecular formula is C6H4AgN4O3. The fourth-order valence-corrected chi connectivity index (χ4v) is 1.05. The summed E-state index contributed by atoms with van der Waals surface area (Å²) < 4.78 is 0. The van der Waals surface area contributed by atoms with Gasteiger partial charge in [-0.05, 0) is 6.07 Å². The molecule has 2 N–H and O–H groups in total. The van der Waals surface area contributed by atoms with Crippen LogP contribution in [-0.2, 0) is 22.4 Å². The Morgan fingerprint density at radius 3 is 2.64 bits per heavy atom. The van der Waals surface area contributed by atoms with Crippen molar-refractivity contribution < 1.29 is 32.4 Å². The Balaban J connectivity index is 0.000000980. The molecule has 0 fully saturated rings. The first-order valence-corrected chi connectivity index (χ1v) is 3.37. The molecule has 14 heavy (non-hydrogen) atoms. The van der Waals surface area contributed by atoms with Crippen LogP contribution in [0.5, 0.6) is 5.75 Å². The van der Waals surface area contributed by atoms with Crippen LogP contribution < -0.4 is 0 Å². The van der Waals surface area contributed by atoms with Crippen LogP contribution in [-0.4, -0.2) is 25.4 Å². The number of hydrogen-bond acceptors (Lipinski definition) is 5. The van der Waals surface area contributed by atoms with Crippen molar-refractivity contribution in [3.63, 3.8) is 0 Å². The van der Waals surface area contributed by atoms with E-state index in [1.807, 2.05) is 0 Å². The quantitative estimate of drug-likeness (QED) is 0.453. The van der Waals surface area contributed by atoms with Gasteiger partial charge in [0.1, 0.15) is 5.75 Å². The Bertz CT molecular complexity index is 483. The van der Waals surface area contributed by atoms with Crippen LogP contribution in [0.4, 0.5) is 5.69 Å². The minimum absolute atomic E-state index is 0. The molecule has 0 aliphatic rings. The van der Waals surface area contributed by atoms with E-state index < -0.39 is 4.92 Å². The standard InChI is InChI=1S/C6H4N4O3.Ag/c11-4-2-1-3(10(12)13)5-6(4)8-9-7-5;/h1-2,11H,(H,7,8,9);. The Kier molecular flexibility index (Phi) is 2.84. The molecule has 8 heteroatoms. The van der Waals surface area contributed by atoms with Gasteiger partial charge in [-0.2, -0.15) is 10.3 Å². The topological polar surface area (TPSA) is 105 Å². The Hall–Kier alpha value is -1.44. The van der Waals surface area contributed by atoms with Crippen molar-refractivity contribution in [1.29, 1.82) is 0 Å². The second kappa shape index (κ2) is 3.74. The van der Waals surface area contributed by atoms with Crippen LogP contribution in [0.3, 0.4) is 0 Å². The number of non-ortho nitro benzene ring substituents is 1. The normalized spacial score (nSPS) is 9.71. The molecule has 0 bridgehead atoms. The Morgan fingerprint density at radius 2 is 2.00 bits per heavy atom. The van der Waals surface area contributed by atoms with Crippen molar-refractivity contribution in [3.8, 4) is 5.75 Å². The zero-order chi connectivity index (χ0) is 9.42. The van der Waals surface area contributed by atoms with E-state index in [-0.39, 0.29) is 44.9 Å². The van der Waals surface area contributed by atoms with E-state index in [0.29, 0.717) is 0 Å². The molecule has 0 saturated heterocycles. The molecule has 2 aromatic rings. The van der Waals surface area contributed by atoms with Gasteiger partial charge < -0.3 is 5.11 Å². The molecular weight excluding hydrogens is 284 g/mol. The fraction of sp³-hybridized carbons (Fsp3) is 0. The van der Waals surface area contributed by atoms with Gasteiger partial charge in [0.25, 0.3) is 5.69 Å². The second-order valence-electron chi connectivity index (χ2n) is 2.38. The number of nitrogens with one attached hydrogen (secondary N) is 1. The number of phenols is 1. The minimum atomic E-state index is -0.579. The maximum atomic E-state index is 10.5. The molecule has 1 aromatic heterocycles. The number of benzene rings is 1. The van der Waals surface area contributed by atoms with Crippen molar-refractivity contribution in [2.24, 2.45) is 0 Å². The summed E-state index contributed by atoms with van der Waals surface area (Å²) in [5.41, 5.74) is -0.0132. The molecule has 7 nitrogen and oxygen atoms in total. The maximum absolute atomic E-state index is 10.5. The summed E-state index contributed by atoms with van der Waals surface area (Å²) in [5, 5.41) is 29.0. The monoisotopic (exact) mass is 287 g/mol. The average Bonchev–Trinajstić information content (AvgIpc) is 2.53. The van der Waals surface area contributed by atoms with Crippen LogP contribution in [0, 0.1) is 10.1 Å². The van der Waals surface area contributed by atoms with Crippen LogP contribution in [0.1, 0.15) is 0 Å². The van der Waals surface area contributed by atoms with E-state index >= 15 is 0 Å². The van der Waals surface area contributed by atoms with Gasteiger partial charge in [0.15, 0.2) is 11.0 Å².